The van der Waals surface area contributed by atoms with Crippen LogP contribution in [0.15, 0.2) is 48.5 Å². The first-order valence-corrected chi connectivity index (χ1v) is 8.21. The van der Waals surface area contributed by atoms with E-state index in [1.807, 2.05) is 56.3 Å². The van der Waals surface area contributed by atoms with E-state index in [4.69, 9.17) is 4.74 Å². The zero-order valence-electron chi connectivity index (χ0n) is 15.1. The molecule has 0 saturated heterocycles. The summed E-state index contributed by atoms with van der Waals surface area (Å²) in [5.41, 5.74) is 2.15. The van der Waals surface area contributed by atoms with Gasteiger partial charge in [0.05, 0.1) is 13.7 Å². The van der Waals surface area contributed by atoms with Gasteiger partial charge >= 0.3 is 0 Å². The highest BCUT2D eigenvalue weighted by Gasteiger charge is 2.20. The van der Waals surface area contributed by atoms with E-state index < -0.39 is 0 Å². The summed E-state index contributed by atoms with van der Waals surface area (Å²) in [4.78, 5) is 26.2. The average molecular weight is 340 g/mol. The number of ether oxygens (including phenoxy) is 1. The van der Waals surface area contributed by atoms with Gasteiger partial charge < -0.3 is 15.0 Å². The van der Waals surface area contributed by atoms with Crippen molar-refractivity contribution >= 4 is 11.8 Å². The van der Waals surface area contributed by atoms with Crippen molar-refractivity contribution in [2.24, 2.45) is 0 Å². The fourth-order valence-corrected chi connectivity index (χ4v) is 2.63. The second-order valence-corrected chi connectivity index (χ2v) is 6.13. The highest BCUT2D eigenvalue weighted by molar-refractivity contribution is 6.02. The molecule has 132 valence electrons. The number of nitrogens with zero attached hydrogens (tertiary/aromatic N) is 1. The van der Waals surface area contributed by atoms with Gasteiger partial charge in [-0.25, -0.2) is 0 Å². The third-order valence-electron chi connectivity index (χ3n) is 3.73. The van der Waals surface area contributed by atoms with Crippen molar-refractivity contribution in [3.8, 4) is 16.9 Å². The molecule has 0 bridgehead atoms. The van der Waals surface area contributed by atoms with Crippen LogP contribution < -0.4 is 10.1 Å². The van der Waals surface area contributed by atoms with Crippen LogP contribution in [-0.4, -0.2) is 43.5 Å². The van der Waals surface area contributed by atoms with Gasteiger partial charge in [0.2, 0.25) is 5.91 Å². The van der Waals surface area contributed by atoms with Crippen LogP contribution >= 0.6 is 0 Å². The maximum absolute atomic E-state index is 12.9. The van der Waals surface area contributed by atoms with Crippen LogP contribution in [0.4, 0.5) is 0 Å². The Kier molecular flexibility index (Phi) is 6.17. The molecule has 0 saturated carbocycles. The lowest BCUT2D eigenvalue weighted by Gasteiger charge is -2.20. The first-order chi connectivity index (χ1) is 11.9. The van der Waals surface area contributed by atoms with E-state index in [0.717, 1.165) is 11.1 Å². The van der Waals surface area contributed by atoms with Crippen molar-refractivity contribution in [1.82, 2.24) is 10.2 Å². The molecule has 0 aromatic heterocycles. The maximum Gasteiger partial charge on any atom is 0.254 e. The quantitative estimate of drug-likeness (QED) is 0.879. The number of para-hydroxylation sites is 1. The summed E-state index contributed by atoms with van der Waals surface area (Å²) in [6.07, 6.45) is 0. The number of carbonyl (C=O) groups excluding carboxylic acids is 2. The molecular weight excluding hydrogens is 316 g/mol. The van der Waals surface area contributed by atoms with E-state index >= 15 is 0 Å². The highest BCUT2D eigenvalue weighted by atomic mass is 16.5. The predicted octanol–water partition coefficient (Wildman–Crippen LogP) is 2.96. The number of hydrogen-bond acceptors (Lipinski definition) is 3. The van der Waals surface area contributed by atoms with Crippen molar-refractivity contribution in [1.29, 1.82) is 0 Å². The van der Waals surface area contributed by atoms with Crippen LogP contribution in [0.2, 0.25) is 0 Å². The topological polar surface area (TPSA) is 58.6 Å². The number of methoxy groups -OCH3 is 1. The maximum atomic E-state index is 12.9. The Balaban J connectivity index is 2.31. The van der Waals surface area contributed by atoms with Crippen LogP contribution in [0.5, 0.6) is 5.75 Å². The molecule has 2 rings (SSSR count). The zero-order chi connectivity index (χ0) is 18.4. The molecule has 0 atom stereocenters. The minimum absolute atomic E-state index is 0.0112. The number of likely N-dealkylation sites (N-methyl/N-ethyl adjacent to an activating group) is 1. The summed E-state index contributed by atoms with van der Waals surface area (Å²) in [6, 6.07) is 14.9. The van der Waals surface area contributed by atoms with Crippen molar-refractivity contribution in [3.63, 3.8) is 0 Å². The number of rotatable bonds is 6. The van der Waals surface area contributed by atoms with Gasteiger partial charge in [-0.05, 0) is 31.5 Å². The molecule has 25 heavy (non-hydrogen) atoms. The van der Waals surface area contributed by atoms with Crippen molar-refractivity contribution in [3.05, 3.63) is 54.1 Å². The normalized spacial score (nSPS) is 10.4. The minimum atomic E-state index is -0.208. The van der Waals surface area contributed by atoms with E-state index in [9.17, 15) is 9.59 Å². The van der Waals surface area contributed by atoms with Gasteiger partial charge in [-0.2, -0.15) is 0 Å². The number of hydrogen-bond donors (Lipinski definition) is 1. The molecule has 0 heterocycles. The first kappa shape index (κ1) is 18.5. The average Bonchev–Trinajstić information content (AvgIpc) is 2.60. The fraction of sp³-hybridized carbons (Fsp3) is 0.300. The molecule has 0 unspecified atom stereocenters. The Morgan fingerprint density at radius 2 is 1.64 bits per heavy atom. The Hall–Kier alpha value is -2.82. The molecule has 0 spiro atoms. The first-order valence-electron chi connectivity index (χ1n) is 8.21. The minimum Gasteiger partial charge on any atom is -0.496 e. The highest BCUT2D eigenvalue weighted by Crippen LogP contribution is 2.32. The molecule has 0 aliphatic heterocycles. The lowest BCUT2D eigenvalue weighted by atomic mass is 9.98. The summed E-state index contributed by atoms with van der Waals surface area (Å²) >= 11 is 0. The second-order valence-electron chi connectivity index (χ2n) is 6.13. The fourth-order valence-electron chi connectivity index (χ4n) is 2.63. The van der Waals surface area contributed by atoms with Crippen molar-refractivity contribution < 1.29 is 14.3 Å². The van der Waals surface area contributed by atoms with Gasteiger partial charge in [0.1, 0.15) is 5.75 Å². The standard InChI is InChI=1S/C20H24N2O3/c1-14(2)21-19(23)13-22(3)20(24)17-11-6-5-9-15(17)16-10-7-8-12-18(16)25-4/h5-12,14H,13H2,1-4H3,(H,21,23). The third kappa shape index (κ3) is 4.59. The van der Waals surface area contributed by atoms with Gasteiger partial charge in [0, 0.05) is 24.2 Å². The van der Waals surface area contributed by atoms with Crippen LogP contribution in [0, 0.1) is 0 Å². The summed E-state index contributed by atoms with van der Waals surface area (Å²) < 4.78 is 5.41. The van der Waals surface area contributed by atoms with Crippen LogP contribution in [0.1, 0.15) is 24.2 Å². The Morgan fingerprint density at radius 1 is 1.04 bits per heavy atom. The number of carbonyl (C=O) groups is 2. The molecule has 2 aromatic carbocycles. The summed E-state index contributed by atoms with van der Waals surface area (Å²) in [5.74, 6) is 0.309. The molecule has 1 N–H and O–H groups in total. The van der Waals surface area contributed by atoms with Gasteiger partial charge in [-0.1, -0.05) is 36.4 Å². The van der Waals surface area contributed by atoms with Crippen molar-refractivity contribution in [2.75, 3.05) is 20.7 Å². The van der Waals surface area contributed by atoms with E-state index in [2.05, 4.69) is 5.32 Å². The Labute approximate surface area is 148 Å². The second kappa shape index (κ2) is 8.33. The van der Waals surface area contributed by atoms with Gasteiger partial charge in [-0.3, -0.25) is 9.59 Å². The number of benzene rings is 2. The van der Waals surface area contributed by atoms with E-state index in [1.165, 1.54) is 4.90 Å². The van der Waals surface area contributed by atoms with Crippen LogP contribution in [0.3, 0.4) is 0 Å². The van der Waals surface area contributed by atoms with Crippen molar-refractivity contribution in [2.45, 2.75) is 19.9 Å². The molecule has 5 nitrogen and oxygen atoms in total. The third-order valence-corrected chi connectivity index (χ3v) is 3.73. The Morgan fingerprint density at radius 3 is 2.28 bits per heavy atom. The van der Waals surface area contributed by atoms with Gasteiger partial charge in [0.15, 0.2) is 0 Å². The summed E-state index contributed by atoms with van der Waals surface area (Å²) in [5, 5.41) is 2.79. The lowest BCUT2D eigenvalue weighted by Crippen LogP contribution is -2.41. The van der Waals surface area contributed by atoms with Crippen LogP contribution in [0.25, 0.3) is 11.1 Å². The summed E-state index contributed by atoms with van der Waals surface area (Å²) in [6.45, 7) is 3.78. The Bertz CT molecular complexity index is 756. The lowest BCUT2D eigenvalue weighted by molar-refractivity contribution is -0.122. The molecule has 0 aliphatic carbocycles. The zero-order valence-corrected chi connectivity index (χ0v) is 15.1. The molecule has 0 fully saturated rings. The molecule has 5 heteroatoms. The predicted molar refractivity (Wildman–Crippen MR) is 98.7 cm³/mol. The van der Waals surface area contributed by atoms with Gasteiger partial charge in [0.25, 0.3) is 5.91 Å². The summed E-state index contributed by atoms with van der Waals surface area (Å²) in [7, 11) is 3.23. The smallest absolute Gasteiger partial charge is 0.254 e. The monoisotopic (exact) mass is 340 g/mol. The van der Waals surface area contributed by atoms with E-state index in [1.54, 1.807) is 20.2 Å². The molecule has 2 aromatic rings. The largest absolute Gasteiger partial charge is 0.496 e. The molecule has 2 amide bonds. The van der Waals surface area contributed by atoms with Gasteiger partial charge in [-0.15, -0.1) is 0 Å². The molecule has 0 radical (unpaired) electrons. The van der Waals surface area contributed by atoms with E-state index in [0.29, 0.717) is 11.3 Å². The van der Waals surface area contributed by atoms with Crippen LogP contribution in [-0.2, 0) is 4.79 Å². The molecular formula is C20H24N2O3. The molecule has 0 aliphatic rings. The SMILES string of the molecule is COc1ccccc1-c1ccccc1C(=O)N(C)CC(=O)NC(C)C. The number of nitrogens with one attached hydrogen (secondary N) is 1. The number of amides is 2. The van der Waals surface area contributed by atoms with E-state index in [-0.39, 0.29) is 24.4 Å².